The van der Waals surface area contributed by atoms with E-state index in [9.17, 15) is 15.0 Å². The van der Waals surface area contributed by atoms with Crippen LogP contribution in [0.25, 0.3) is 11.1 Å². The number of rotatable bonds is 10. The quantitative estimate of drug-likeness (QED) is 0.464. The Hall–Kier alpha value is -2.45. The van der Waals surface area contributed by atoms with E-state index >= 15 is 0 Å². The smallest absolute Gasteiger partial charge is 0.307 e. The van der Waals surface area contributed by atoms with E-state index in [-0.39, 0.29) is 13.0 Å². The average Bonchev–Trinajstić information content (AvgIpc) is 2.66. The summed E-state index contributed by atoms with van der Waals surface area (Å²) in [6, 6.07) is 14.1. The standard InChI is InChI=1S/C20H24O7/c1-13(11-21)26-20(17(23)12-22)27-18-8-3-2-7-16(18)15-6-4-5-14(9-15)10-19(24)25/h2-9,13,17,20-23H,10-12H2,1H3,(H,24,25). The van der Waals surface area contributed by atoms with Crippen molar-refractivity contribution in [3.05, 3.63) is 54.1 Å². The maximum atomic E-state index is 11.0. The van der Waals surface area contributed by atoms with Crippen molar-refractivity contribution in [1.82, 2.24) is 0 Å². The number of carboxylic acids is 1. The number of aliphatic hydroxyl groups is 3. The van der Waals surface area contributed by atoms with Gasteiger partial charge in [-0.2, -0.15) is 0 Å². The number of benzene rings is 2. The van der Waals surface area contributed by atoms with Crippen LogP contribution in [0.3, 0.4) is 0 Å². The van der Waals surface area contributed by atoms with Crippen LogP contribution >= 0.6 is 0 Å². The monoisotopic (exact) mass is 376 g/mol. The van der Waals surface area contributed by atoms with Crippen LogP contribution in [0.15, 0.2) is 48.5 Å². The number of para-hydroxylation sites is 1. The van der Waals surface area contributed by atoms with Gasteiger partial charge in [0.25, 0.3) is 0 Å². The second-order valence-electron chi connectivity index (χ2n) is 6.13. The lowest BCUT2D eigenvalue weighted by atomic mass is 10.0. The van der Waals surface area contributed by atoms with E-state index < -0.39 is 31.1 Å². The number of aliphatic hydroxyl groups excluding tert-OH is 3. The topological polar surface area (TPSA) is 116 Å². The minimum Gasteiger partial charge on any atom is -0.481 e. The molecule has 0 amide bonds. The van der Waals surface area contributed by atoms with Gasteiger partial charge in [0, 0.05) is 5.56 Å². The Labute approximate surface area is 157 Å². The van der Waals surface area contributed by atoms with E-state index in [0.29, 0.717) is 16.9 Å². The summed E-state index contributed by atoms with van der Waals surface area (Å²) >= 11 is 0. The predicted molar refractivity (Wildman–Crippen MR) is 98.4 cm³/mol. The molecule has 0 bridgehead atoms. The maximum Gasteiger partial charge on any atom is 0.307 e. The number of hydrogen-bond donors (Lipinski definition) is 4. The lowest BCUT2D eigenvalue weighted by Gasteiger charge is -2.26. The van der Waals surface area contributed by atoms with Gasteiger partial charge < -0.3 is 29.9 Å². The molecule has 3 atom stereocenters. The van der Waals surface area contributed by atoms with Gasteiger partial charge >= 0.3 is 5.97 Å². The van der Waals surface area contributed by atoms with Crippen molar-refractivity contribution in [3.8, 4) is 16.9 Å². The van der Waals surface area contributed by atoms with Crippen LogP contribution < -0.4 is 4.74 Å². The number of carbonyl (C=O) groups is 1. The normalized spacial score (nSPS) is 14.4. The van der Waals surface area contributed by atoms with Crippen molar-refractivity contribution >= 4 is 5.97 Å². The van der Waals surface area contributed by atoms with E-state index in [1.54, 1.807) is 49.4 Å². The molecule has 0 radical (unpaired) electrons. The first-order chi connectivity index (χ1) is 12.9. The number of hydrogen-bond acceptors (Lipinski definition) is 6. The van der Waals surface area contributed by atoms with Crippen molar-refractivity contribution in [3.63, 3.8) is 0 Å². The lowest BCUT2D eigenvalue weighted by Crippen LogP contribution is -2.40. The molecule has 0 fully saturated rings. The third kappa shape index (κ3) is 6.04. The van der Waals surface area contributed by atoms with Gasteiger partial charge in [0.05, 0.1) is 25.7 Å². The molecular formula is C20H24O7. The summed E-state index contributed by atoms with van der Waals surface area (Å²) in [7, 11) is 0. The van der Waals surface area contributed by atoms with Crippen molar-refractivity contribution in [1.29, 1.82) is 0 Å². The van der Waals surface area contributed by atoms with Gasteiger partial charge in [-0.25, -0.2) is 0 Å². The highest BCUT2D eigenvalue weighted by molar-refractivity contribution is 5.74. The van der Waals surface area contributed by atoms with Crippen LogP contribution in [0.2, 0.25) is 0 Å². The summed E-state index contributed by atoms with van der Waals surface area (Å²) in [6.45, 7) is 0.775. The highest BCUT2D eigenvalue weighted by Crippen LogP contribution is 2.31. The molecule has 146 valence electrons. The van der Waals surface area contributed by atoms with Crippen molar-refractivity contribution in [2.24, 2.45) is 0 Å². The first kappa shape index (κ1) is 20.9. The summed E-state index contributed by atoms with van der Waals surface area (Å²) < 4.78 is 11.3. The zero-order valence-corrected chi connectivity index (χ0v) is 15.0. The lowest BCUT2D eigenvalue weighted by molar-refractivity contribution is -0.183. The zero-order valence-electron chi connectivity index (χ0n) is 15.0. The minimum atomic E-state index is -1.30. The van der Waals surface area contributed by atoms with Gasteiger partial charge in [-0.3, -0.25) is 4.79 Å². The summed E-state index contributed by atoms with van der Waals surface area (Å²) in [5.41, 5.74) is 2.07. The number of carboxylic acid groups (broad SMARTS) is 1. The van der Waals surface area contributed by atoms with Crippen LogP contribution in [0.1, 0.15) is 12.5 Å². The minimum absolute atomic E-state index is 0.0974. The molecule has 7 heteroatoms. The van der Waals surface area contributed by atoms with Crippen LogP contribution in [-0.2, 0) is 16.0 Å². The molecule has 2 aromatic rings. The summed E-state index contributed by atoms with van der Waals surface area (Å²) in [4.78, 5) is 11.0. The van der Waals surface area contributed by atoms with Gasteiger partial charge in [-0.05, 0) is 24.1 Å². The van der Waals surface area contributed by atoms with E-state index in [4.69, 9.17) is 19.7 Å². The second kappa shape index (κ2) is 10.0. The molecule has 0 aromatic heterocycles. The van der Waals surface area contributed by atoms with E-state index in [1.165, 1.54) is 0 Å². The Bertz CT molecular complexity index is 747. The van der Waals surface area contributed by atoms with Gasteiger partial charge in [0.1, 0.15) is 11.9 Å². The first-order valence-corrected chi connectivity index (χ1v) is 8.56. The molecule has 0 heterocycles. The average molecular weight is 376 g/mol. The second-order valence-corrected chi connectivity index (χ2v) is 6.13. The van der Waals surface area contributed by atoms with Crippen LogP contribution in [0.4, 0.5) is 0 Å². The number of ether oxygens (including phenoxy) is 2. The summed E-state index contributed by atoms with van der Waals surface area (Å²) in [5, 5.41) is 37.4. The molecule has 2 aromatic carbocycles. The van der Waals surface area contributed by atoms with Crippen molar-refractivity contribution in [2.45, 2.75) is 31.8 Å². The fourth-order valence-electron chi connectivity index (χ4n) is 2.51. The zero-order chi connectivity index (χ0) is 19.8. The Morgan fingerprint density at radius 3 is 2.48 bits per heavy atom. The van der Waals surface area contributed by atoms with Gasteiger partial charge in [-0.1, -0.05) is 42.5 Å². The van der Waals surface area contributed by atoms with Gasteiger partial charge in [-0.15, -0.1) is 0 Å². The fraction of sp³-hybridized carbons (Fsp3) is 0.350. The predicted octanol–water partition coefficient (Wildman–Crippen LogP) is 1.44. The highest BCUT2D eigenvalue weighted by atomic mass is 16.7. The van der Waals surface area contributed by atoms with Gasteiger partial charge in [0.15, 0.2) is 0 Å². The number of aliphatic carboxylic acids is 1. The molecule has 7 nitrogen and oxygen atoms in total. The van der Waals surface area contributed by atoms with E-state index in [2.05, 4.69) is 0 Å². The summed E-state index contributed by atoms with van der Waals surface area (Å²) in [5.74, 6) is -0.526. The Morgan fingerprint density at radius 1 is 1.07 bits per heavy atom. The van der Waals surface area contributed by atoms with E-state index in [1.807, 2.05) is 6.07 Å². The molecule has 0 saturated carbocycles. The SMILES string of the molecule is CC(CO)OC(Oc1ccccc1-c1cccc(CC(=O)O)c1)C(O)CO. The molecule has 0 aliphatic rings. The molecule has 27 heavy (non-hydrogen) atoms. The molecule has 0 aliphatic heterocycles. The third-order valence-electron chi connectivity index (χ3n) is 3.85. The van der Waals surface area contributed by atoms with E-state index in [0.717, 1.165) is 5.56 Å². The molecule has 0 aliphatic carbocycles. The largest absolute Gasteiger partial charge is 0.481 e. The molecule has 2 rings (SSSR count). The Kier molecular flexibility index (Phi) is 7.75. The maximum absolute atomic E-state index is 11.0. The summed E-state index contributed by atoms with van der Waals surface area (Å²) in [6.07, 6.45) is -3.17. The van der Waals surface area contributed by atoms with Crippen molar-refractivity contribution in [2.75, 3.05) is 13.2 Å². The molecule has 3 unspecified atom stereocenters. The third-order valence-corrected chi connectivity index (χ3v) is 3.85. The Balaban J connectivity index is 2.32. The molecule has 4 N–H and O–H groups in total. The van der Waals surface area contributed by atoms with Crippen molar-refractivity contribution < 1.29 is 34.7 Å². The highest BCUT2D eigenvalue weighted by Gasteiger charge is 2.24. The van der Waals surface area contributed by atoms with Gasteiger partial charge in [0.2, 0.25) is 6.29 Å². The first-order valence-electron chi connectivity index (χ1n) is 8.56. The van der Waals surface area contributed by atoms with Crippen LogP contribution in [-0.4, -0.2) is 58.1 Å². The van der Waals surface area contributed by atoms with Crippen LogP contribution in [0.5, 0.6) is 5.75 Å². The molecule has 0 spiro atoms. The molecule has 0 saturated heterocycles. The fourth-order valence-corrected chi connectivity index (χ4v) is 2.51. The molecular weight excluding hydrogens is 352 g/mol. The Morgan fingerprint density at radius 2 is 1.81 bits per heavy atom. The van der Waals surface area contributed by atoms with Crippen LogP contribution in [0, 0.1) is 0 Å².